The molecular weight excluding hydrogens is 498 g/mol. The monoisotopic (exact) mass is 504 g/mol. The van der Waals surface area contributed by atoms with Crippen molar-refractivity contribution < 1.29 is 8.83 Å². The van der Waals surface area contributed by atoms with Crippen LogP contribution in [0, 0.1) is 0 Å². The van der Waals surface area contributed by atoms with Crippen LogP contribution in [0.1, 0.15) is 0 Å². The predicted molar refractivity (Wildman–Crippen MR) is 125 cm³/mol. The molecule has 158 valence electrons. The third-order valence-electron chi connectivity index (χ3n) is 4.72. The van der Waals surface area contributed by atoms with E-state index in [1.807, 2.05) is 0 Å². The van der Waals surface area contributed by atoms with Gasteiger partial charge in [-0.05, 0) is 48.5 Å². The summed E-state index contributed by atoms with van der Waals surface area (Å²) in [6, 6.07) is 12.5. The van der Waals surface area contributed by atoms with E-state index in [2.05, 4.69) is 9.97 Å². The molecule has 0 atom stereocenters. The number of benzene rings is 3. The number of fused-ring (bicyclic) bond motifs is 2. The number of hydrogen-bond acceptors (Lipinski definition) is 6. The minimum atomic E-state index is -0.592. The Morgan fingerprint density at radius 2 is 0.906 bits per heavy atom. The molecule has 0 radical (unpaired) electrons. The van der Waals surface area contributed by atoms with E-state index in [0.29, 0.717) is 22.2 Å². The van der Waals surface area contributed by atoms with Gasteiger partial charge in [0.25, 0.3) is 0 Å². The van der Waals surface area contributed by atoms with Crippen molar-refractivity contribution in [1.82, 2.24) is 9.97 Å². The van der Waals surface area contributed by atoms with Gasteiger partial charge in [0, 0.05) is 11.1 Å². The first-order valence-electron chi connectivity index (χ1n) is 9.01. The zero-order valence-corrected chi connectivity index (χ0v) is 18.7. The maximum absolute atomic E-state index is 12.3. The maximum atomic E-state index is 12.3. The van der Waals surface area contributed by atoms with Gasteiger partial charge in [0.1, 0.15) is 0 Å². The van der Waals surface area contributed by atoms with Crippen molar-refractivity contribution in [3.05, 3.63) is 89.5 Å². The van der Waals surface area contributed by atoms with Crippen LogP contribution in [0.3, 0.4) is 0 Å². The van der Waals surface area contributed by atoms with Crippen LogP contribution in [-0.4, -0.2) is 9.97 Å². The molecule has 0 fully saturated rings. The third kappa shape index (κ3) is 3.65. The van der Waals surface area contributed by atoms with Gasteiger partial charge in [0.2, 0.25) is 11.8 Å². The number of rotatable bonds is 2. The Bertz CT molecular complexity index is 1540. The highest BCUT2D eigenvalue weighted by Crippen LogP contribution is 2.29. The molecule has 0 saturated carbocycles. The molecule has 5 rings (SSSR count). The summed E-state index contributed by atoms with van der Waals surface area (Å²) < 4.78 is 10.7. The van der Waals surface area contributed by atoms with Gasteiger partial charge in [-0.15, -0.1) is 0 Å². The molecule has 0 unspecified atom stereocenters. The quantitative estimate of drug-likeness (QED) is 0.267. The van der Waals surface area contributed by atoms with Crippen molar-refractivity contribution in [2.24, 2.45) is 0 Å². The zero-order valence-electron chi connectivity index (χ0n) is 15.7. The molecular formula is C22H8Cl4N2O4. The van der Waals surface area contributed by atoms with Gasteiger partial charge < -0.3 is 8.83 Å². The highest BCUT2D eigenvalue weighted by Gasteiger charge is 2.14. The standard InChI is InChI=1S/C22H8Cl4N2O4/c23-13-5-11-17(7-15(13)25)27-19(31-21(11)29)9-1-2-10(4-3-9)20-28-18-8-16(26)14(24)6-12(18)22(30)32-20/h1-8H. The van der Waals surface area contributed by atoms with Crippen molar-refractivity contribution in [2.75, 3.05) is 0 Å². The second-order valence-electron chi connectivity index (χ2n) is 6.76. The van der Waals surface area contributed by atoms with Crippen molar-refractivity contribution in [3.8, 4) is 22.9 Å². The van der Waals surface area contributed by atoms with Crippen LogP contribution in [0.5, 0.6) is 0 Å². The van der Waals surface area contributed by atoms with E-state index < -0.39 is 11.3 Å². The zero-order chi connectivity index (χ0) is 22.6. The predicted octanol–water partition coefficient (Wildman–Crippen LogP) is 6.64. The molecule has 0 saturated heterocycles. The fourth-order valence-electron chi connectivity index (χ4n) is 3.14. The van der Waals surface area contributed by atoms with E-state index in [1.165, 1.54) is 24.3 Å². The summed E-state index contributed by atoms with van der Waals surface area (Å²) in [4.78, 5) is 33.4. The van der Waals surface area contributed by atoms with Crippen LogP contribution in [0.15, 0.2) is 67.0 Å². The van der Waals surface area contributed by atoms with Crippen LogP contribution in [0.4, 0.5) is 0 Å². The molecule has 5 aromatic rings. The van der Waals surface area contributed by atoms with Crippen LogP contribution in [-0.2, 0) is 0 Å². The Labute approximate surface area is 198 Å². The molecule has 0 N–H and O–H groups in total. The van der Waals surface area contributed by atoms with Gasteiger partial charge in [-0.3, -0.25) is 0 Å². The first-order valence-corrected chi connectivity index (χ1v) is 10.5. The Kier molecular flexibility index (Phi) is 5.18. The summed E-state index contributed by atoms with van der Waals surface area (Å²) in [6.07, 6.45) is 0. The van der Waals surface area contributed by atoms with Gasteiger partial charge >= 0.3 is 11.3 Å². The molecule has 32 heavy (non-hydrogen) atoms. The molecule has 6 nitrogen and oxygen atoms in total. The van der Waals surface area contributed by atoms with Crippen molar-refractivity contribution in [3.63, 3.8) is 0 Å². The number of halogens is 4. The molecule has 0 aliphatic rings. The van der Waals surface area contributed by atoms with Crippen molar-refractivity contribution >= 4 is 68.2 Å². The van der Waals surface area contributed by atoms with Gasteiger partial charge in [0.15, 0.2) is 0 Å². The second kappa shape index (κ2) is 7.90. The highest BCUT2D eigenvalue weighted by molar-refractivity contribution is 6.43. The number of nitrogens with zero attached hydrogens (tertiary/aromatic N) is 2. The lowest BCUT2D eigenvalue weighted by Gasteiger charge is -2.05. The first-order chi connectivity index (χ1) is 15.3. The average Bonchev–Trinajstić information content (AvgIpc) is 2.76. The van der Waals surface area contributed by atoms with E-state index >= 15 is 0 Å². The molecule has 2 aromatic heterocycles. The topological polar surface area (TPSA) is 86.2 Å². The minimum absolute atomic E-state index is 0.0989. The molecule has 0 aliphatic carbocycles. The fraction of sp³-hybridized carbons (Fsp3) is 0. The lowest BCUT2D eigenvalue weighted by Crippen LogP contribution is -2.04. The van der Waals surface area contributed by atoms with E-state index in [1.54, 1.807) is 24.3 Å². The van der Waals surface area contributed by atoms with Gasteiger partial charge in [-0.25, -0.2) is 19.6 Å². The van der Waals surface area contributed by atoms with Crippen molar-refractivity contribution in [2.45, 2.75) is 0 Å². The molecule has 10 heteroatoms. The number of aromatic nitrogens is 2. The Balaban J connectivity index is 1.57. The summed E-state index contributed by atoms with van der Waals surface area (Å²) in [6.45, 7) is 0. The van der Waals surface area contributed by atoms with Crippen LogP contribution >= 0.6 is 46.4 Å². The van der Waals surface area contributed by atoms with E-state index in [9.17, 15) is 9.59 Å². The van der Waals surface area contributed by atoms with Crippen molar-refractivity contribution in [1.29, 1.82) is 0 Å². The minimum Gasteiger partial charge on any atom is -0.403 e. The summed E-state index contributed by atoms with van der Waals surface area (Å²) in [5, 5.41) is 1.47. The van der Waals surface area contributed by atoms with Gasteiger partial charge in [-0.2, -0.15) is 0 Å². The third-order valence-corrected chi connectivity index (χ3v) is 6.16. The molecule has 3 aromatic carbocycles. The summed E-state index contributed by atoms with van der Waals surface area (Å²) in [5.74, 6) is 0.198. The Hall–Kier alpha value is -2.90. The Morgan fingerprint density at radius 1 is 0.562 bits per heavy atom. The SMILES string of the molecule is O=c1oc(-c2ccc(-c3nc4cc(Cl)c(Cl)cc4c(=O)o3)cc2)nc2cc(Cl)c(Cl)cc12. The molecule has 0 amide bonds. The summed E-state index contributed by atoms with van der Waals surface area (Å²) in [5.41, 5.74) is 0.573. The lowest BCUT2D eigenvalue weighted by atomic mass is 10.1. The first kappa shape index (κ1) is 21.0. The smallest absolute Gasteiger partial charge is 0.347 e. The largest absolute Gasteiger partial charge is 0.403 e. The van der Waals surface area contributed by atoms with E-state index in [-0.39, 0.29) is 42.6 Å². The average molecular weight is 506 g/mol. The Morgan fingerprint density at radius 3 is 1.28 bits per heavy atom. The van der Waals surface area contributed by atoms with Crippen LogP contribution in [0.25, 0.3) is 44.7 Å². The summed E-state index contributed by atoms with van der Waals surface area (Å²) in [7, 11) is 0. The summed E-state index contributed by atoms with van der Waals surface area (Å²) >= 11 is 24.0. The normalized spacial score (nSPS) is 11.4. The van der Waals surface area contributed by atoms with E-state index in [0.717, 1.165) is 0 Å². The van der Waals surface area contributed by atoms with Crippen LogP contribution < -0.4 is 11.3 Å². The second-order valence-corrected chi connectivity index (χ2v) is 8.39. The van der Waals surface area contributed by atoms with Gasteiger partial charge in [0.05, 0.1) is 41.9 Å². The van der Waals surface area contributed by atoms with Crippen LogP contribution in [0.2, 0.25) is 20.1 Å². The lowest BCUT2D eigenvalue weighted by molar-refractivity contribution is 0.516. The highest BCUT2D eigenvalue weighted by atomic mass is 35.5. The van der Waals surface area contributed by atoms with Gasteiger partial charge in [-0.1, -0.05) is 46.4 Å². The van der Waals surface area contributed by atoms with E-state index in [4.69, 9.17) is 55.2 Å². The maximum Gasteiger partial charge on any atom is 0.347 e. The molecule has 0 spiro atoms. The molecule has 0 aliphatic heterocycles. The molecule has 0 bridgehead atoms. The fourth-order valence-corrected chi connectivity index (χ4v) is 3.78. The molecule has 2 heterocycles. The number of hydrogen-bond donors (Lipinski definition) is 0.